The smallest absolute Gasteiger partial charge is 0.307 e. The van der Waals surface area contributed by atoms with Crippen molar-refractivity contribution in [3.63, 3.8) is 0 Å². The van der Waals surface area contributed by atoms with E-state index in [0.717, 1.165) is 16.9 Å². The molecule has 0 aliphatic carbocycles. The highest BCUT2D eigenvalue weighted by atomic mass is 16.5. The molecule has 0 saturated heterocycles. The van der Waals surface area contributed by atoms with Crippen LogP contribution in [0.1, 0.15) is 32.3 Å². The average Bonchev–Trinajstić information content (AvgIpc) is 2.53. The lowest BCUT2D eigenvalue weighted by Crippen LogP contribution is -2.13. The molecule has 1 unspecified atom stereocenters. The number of carbonyl (C=O) groups excluding carboxylic acids is 1. The summed E-state index contributed by atoms with van der Waals surface area (Å²) in [6, 6.07) is 12.3. The standard InChI is InChI=1S/C21H20O3/c1-5-17-14(3)21-18-9-7-6-8-16(18)10-11-19(21)24-20(17)12-13(2)23-15(4)22/h5-12,14H,1H2,2-4H3/b13-12+. The topological polar surface area (TPSA) is 35.5 Å². The Balaban J connectivity index is 2.12. The fourth-order valence-corrected chi connectivity index (χ4v) is 3.19. The van der Waals surface area contributed by atoms with E-state index in [1.165, 1.54) is 17.7 Å². The van der Waals surface area contributed by atoms with Gasteiger partial charge in [0, 0.05) is 30.1 Å². The highest BCUT2D eigenvalue weighted by Gasteiger charge is 2.26. The maximum absolute atomic E-state index is 11.1. The van der Waals surface area contributed by atoms with Crippen LogP contribution in [0.2, 0.25) is 0 Å². The second-order valence-corrected chi connectivity index (χ2v) is 5.89. The summed E-state index contributed by atoms with van der Waals surface area (Å²) in [5.74, 6) is 1.77. The lowest BCUT2D eigenvalue weighted by molar-refractivity contribution is -0.136. The molecular formula is C21H20O3. The van der Waals surface area contributed by atoms with Gasteiger partial charge in [0.05, 0.1) is 0 Å². The molecule has 0 amide bonds. The van der Waals surface area contributed by atoms with Gasteiger partial charge < -0.3 is 9.47 Å². The summed E-state index contributed by atoms with van der Waals surface area (Å²) in [5, 5.41) is 2.37. The maximum atomic E-state index is 11.1. The zero-order chi connectivity index (χ0) is 17.3. The Kier molecular flexibility index (Phi) is 4.26. The minimum Gasteiger partial charge on any atom is -0.457 e. The van der Waals surface area contributed by atoms with Crippen molar-refractivity contribution in [3.8, 4) is 5.75 Å². The van der Waals surface area contributed by atoms with Crippen LogP contribution in [0.4, 0.5) is 0 Å². The average molecular weight is 320 g/mol. The number of fused-ring (bicyclic) bond motifs is 3. The SMILES string of the molecule is C=CC1=C(/C=C(\C)OC(C)=O)Oc2ccc3ccccc3c2C1C. The summed E-state index contributed by atoms with van der Waals surface area (Å²) in [7, 11) is 0. The number of rotatable bonds is 3. The largest absolute Gasteiger partial charge is 0.457 e. The minimum atomic E-state index is -0.347. The lowest BCUT2D eigenvalue weighted by atomic mass is 9.86. The number of esters is 1. The molecule has 1 aliphatic rings. The number of benzene rings is 2. The van der Waals surface area contributed by atoms with Crippen LogP contribution in [0.5, 0.6) is 5.75 Å². The van der Waals surface area contributed by atoms with Gasteiger partial charge in [0.1, 0.15) is 17.3 Å². The van der Waals surface area contributed by atoms with Gasteiger partial charge in [-0.3, -0.25) is 4.79 Å². The molecule has 0 saturated carbocycles. The van der Waals surface area contributed by atoms with Gasteiger partial charge in [-0.25, -0.2) is 0 Å². The van der Waals surface area contributed by atoms with E-state index in [0.29, 0.717) is 11.5 Å². The first-order valence-corrected chi connectivity index (χ1v) is 7.94. The minimum absolute atomic E-state index is 0.133. The van der Waals surface area contributed by atoms with E-state index in [9.17, 15) is 4.79 Å². The molecule has 1 heterocycles. The van der Waals surface area contributed by atoms with Crippen LogP contribution in [-0.2, 0) is 9.53 Å². The number of carbonyl (C=O) groups is 1. The van der Waals surface area contributed by atoms with E-state index < -0.39 is 0 Å². The molecule has 1 aliphatic heterocycles. The predicted octanol–water partition coefficient (Wildman–Crippen LogP) is 5.24. The van der Waals surface area contributed by atoms with Crippen molar-refractivity contribution in [2.75, 3.05) is 0 Å². The zero-order valence-corrected chi connectivity index (χ0v) is 14.1. The Morgan fingerprint density at radius 1 is 1.21 bits per heavy atom. The molecule has 1 atom stereocenters. The Morgan fingerprint density at radius 3 is 2.67 bits per heavy atom. The van der Waals surface area contributed by atoms with Crippen LogP contribution in [0, 0.1) is 0 Å². The van der Waals surface area contributed by atoms with Crippen LogP contribution in [0.3, 0.4) is 0 Å². The number of allylic oxidation sites excluding steroid dienone is 4. The van der Waals surface area contributed by atoms with Crippen LogP contribution in [-0.4, -0.2) is 5.97 Å². The molecule has 122 valence electrons. The van der Waals surface area contributed by atoms with E-state index in [-0.39, 0.29) is 11.9 Å². The van der Waals surface area contributed by atoms with Crippen molar-refractivity contribution in [1.29, 1.82) is 0 Å². The van der Waals surface area contributed by atoms with Crippen LogP contribution < -0.4 is 4.74 Å². The van der Waals surface area contributed by atoms with Crippen molar-refractivity contribution in [1.82, 2.24) is 0 Å². The van der Waals surface area contributed by atoms with Crippen LogP contribution >= 0.6 is 0 Å². The van der Waals surface area contributed by atoms with E-state index in [1.807, 2.05) is 24.3 Å². The molecule has 0 spiro atoms. The van der Waals surface area contributed by atoms with Crippen molar-refractivity contribution in [2.24, 2.45) is 0 Å². The van der Waals surface area contributed by atoms with Crippen LogP contribution in [0.15, 0.2) is 72.2 Å². The first-order valence-electron chi connectivity index (χ1n) is 7.94. The molecule has 2 aromatic carbocycles. The van der Waals surface area contributed by atoms with Gasteiger partial charge in [0.15, 0.2) is 0 Å². The fraction of sp³-hybridized carbons (Fsp3) is 0.190. The number of ether oxygens (including phenoxy) is 2. The monoisotopic (exact) mass is 320 g/mol. The Bertz CT molecular complexity index is 887. The van der Waals surface area contributed by atoms with Crippen molar-refractivity contribution in [2.45, 2.75) is 26.7 Å². The van der Waals surface area contributed by atoms with Gasteiger partial charge in [-0.1, -0.05) is 49.9 Å². The summed E-state index contributed by atoms with van der Waals surface area (Å²) in [4.78, 5) is 11.1. The summed E-state index contributed by atoms with van der Waals surface area (Å²) in [5.41, 5.74) is 2.13. The summed E-state index contributed by atoms with van der Waals surface area (Å²) < 4.78 is 11.2. The van der Waals surface area contributed by atoms with E-state index in [2.05, 4.69) is 31.7 Å². The third kappa shape index (κ3) is 2.85. The quantitative estimate of drug-likeness (QED) is 0.573. The second-order valence-electron chi connectivity index (χ2n) is 5.89. The van der Waals surface area contributed by atoms with Gasteiger partial charge in [-0.2, -0.15) is 0 Å². The van der Waals surface area contributed by atoms with Crippen LogP contribution in [0.25, 0.3) is 10.8 Å². The van der Waals surface area contributed by atoms with E-state index in [1.54, 1.807) is 13.0 Å². The van der Waals surface area contributed by atoms with Gasteiger partial charge in [-0.15, -0.1) is 0 Å². The van der Waals surface area contributed by atoms with Crippen molar-refractivity contribution >= 4 is 16.7 Å². The fourth-order valence-electron chi connectivity index (χ4n) is 3.19. The molecule has 0 radical (unpaired) electrons. The van der Waals surface area contributed by atoms with Crippen molar-refractivity contribution in [3.05, 3.63) is 77.8 Å². The summed E-state index contributed by atoms with van der Waals surface area (Å²) >= 11 is 0. The number of hydrogen-bond donors (Lipinski definition) is 0. The molecule has 24 heavy (non-hydrogen) atoms. The van der Waals surface area contributed by atoms with Crippen molar-refractivity contribution < 1.29 is 14.3 Å². The highest BCUT2D eigenvalue weighted by molar-refractivity contribution is 5.89. The molecule has 0 aromatic heterocycles. The molecule has 0 fully saturated rings. The first kappa shape index (κ1) is 16.1. The van der Waals surface area contributed by atoms with Gasteiger partial charge in [0.2, 0.25) is 0 Å². The molecular weight excluding hydrogens is 300 g/mol. The Hall–Kier alpha value is -2.81. The van der Waals surface area contributed by atoms with Gasteiger partial charge >= 0.3 is 5.97 Å². The Labute approximate surface area is 141 Å². The second kappa shape index (κ2) is 6.36. The van der Waals surface area contributed by atoms with Gasteiger partial charge in [-0.05, 0) is 23.8 Å². The van der Waals surface area contributed by atoms with Gasteiger partial charge in [0.25, 0.3) is 0 Å². The molecule has 0 N–H and O–H groups in total. The third-order valence-corrected chi connectivity index (χ3v) is 4.19. The Morgan fingerprint density at radius 2 is 1.96 bits per heavy atom. The molecule has 3 heteroatoms. The normalized spacial score (nSPS) is 17.3. The van der Waals surface area contributed by atoms with E-state index >= 15 is 0 Å². The predicted molar refractivity (Wildman–Crippen MR) is 95.7 cm³/mol. The lowest BCUT2D eigenvalue weighted by Gasteiger charge is -2.27. The molecule has 2 aromatic rings. The number of hydrogen-bond acceptors (Lipinski definition) is 3. The highest BCUT2D eigenvalue weighted by Crippen LogP contribution is 2.43. The first-order chi connectivity index (χ1) is 11.5. The summed E-state index contributed by atoms with van der Waals surface area (Å²) in [6.07, 6.45) is 3.55. The maximum Gasteiger partial charge on any atom is 0.307 e. The summed E-state index contributed by atoms with van der Waals surface area (Å²) in [6.45, 7) is 9.19. The molecule has 0 bridgehead atoms. The zero-order valence-electron chi connectivity index (χ0n) is 14.1. The molecule has 3 rings (SSSR count). The molecule has 3 nitrogen and oxygen atoms in total. The van der Waals surface area contributed by atoms with E-state index in [4.69, 9.17) is 9.47 Å². The third-order valence-electron chi connectivity index (χ3n) is 4.19.